The molecule has 0 saturated heterocycles. The van der Waals surface area contributed by atoms with E-state index in [0.29, 0.717) is 16.6 Å². The number of phenolic OH excluding ortho intramolecular Hbond substituents is 1. The fraction of sp³-hybridized carbons (Fsp3) is 0.0833. The van der Waals surface area contributed by atoms with Gasteiger partial charge in [0.2, 0.25) is 0 Å². The van der Waals surface area contributed by atoms with Gasteiger partial charge in [-0.25, -0.2) is 0 Å². The molecule has 1 amide bonds. The Morgan fingerprint density at radius 2 is 2.17 bits per heavy atom. The van der Waals surface area contributed by atoms with Gasteiger partial charge in [-0.05, 0) is 30.3 Å². The van der Waals surface area contributed by atoms with Crippen LogP contribution in [-0.2, 0) is 6.54 Å². The second-order valence-corrected chi connectivity index (χ2v) is 5.46. The summed E-state index contributed by atoms with van der Waals surface area (Å²) in [7, 11) is 0. The van der Waals surface area contributed by atoms with Crippen LogP contribution in [0.4, 0.5) is 5.69 Å². The standard InChI is InChI=1S/C12H11ClN2O2S/c13-11-4-2-8(18-11)6-15-12(17)9-5-7(16)1-3-10(9)14/h1-5,16H,6,14H2,(H,15,17). The van der Waals surface area contributed by atoms with Crippen molar-refractivity contribution in [3.05, 3.63) is 45.1 Å². The van der Waals surface area contributed by atoms with E-state index >= 15 is 0 Å². The fourth-order valence-corrected chi connectivity index (χ4v) is 2.48. The highest BCUT2D eigenvalue weighted by atomic mass is 35.5. The van der Waals surface area contributed by atoms with Crippen molar-refractivity contribution in [2.24, 2.45) is 0 Å². The van der Waals surface area contributed by atoms with Crippen molar-refractivity contribution in [3.8, 4) is 5.75 Å². The van der Waals surface area contributed by atoms with Crippen LogP contribution in [0.15, 0.2) is 30.3 Å². The van der Waals surface area contributed by atoms with Crippen molar-refractivity contribution in [3.63, 3.8) is 0 Å². The average molecular weight is 283 g/mol. The number of benzene rings is 1. The number of nitrogen functional groups attached to an aromatic ring is 1. The number of nitrogens with one attached hydrogen (secondary N) is 1. The maximum absolute atomic E-state index is 11.9. The third-order valence-electron chi connectivity index (χ3n) is 2.33. The zero-order chi connectivity index (χ0) is 13.1. The molecular weight excluding hydrogens is 272 g/mol. The molecule has 0 spiro atoms. The number of hydrogen-bond acceptors (Lipinski definition) is 4. The predicted octanol–water partition coefficient (Wildman–Crippen LogP) is 2.62. The van der Waals surface area contributed by atoms with Gasteiger partial charge in [0, 0.05) is 10.6 Å². The number of rotatable bonds is 3. The summed E-state index contributed by atoms with van der Waals surface area (Å²) in [5.74, 6) is -0.318. The average Bonchev–Trinajstić information content (AvgIpc) is 2.75. The molecule has 94 valence electrons. The first-order chi connectivity index (χ1) is 8.56. The number of carbonyl (C=O) groups is 1. The monoisotopic (exact) mass is 282 g/mol. The van der Waals surface area contributed by atoms with E-state index in [9.17, 15) is 9.90 Å². The number of nitrogens with two attached hydrogens (primary N) is 1. The summed E-state index contributed by atoms with van der Waals surface area (Å²) in [6, 6.07) is 7.89. The maximum atomic E-state index is 11.9. The minimum Gasteiger partial charge on any atom is -0.508 e. The van der Waals surface area contributed by atoms with Gasteiger partial charge < -0.3 is 16.2 Å². The first kappa shape index (κ1) is 12.7. The Labute approximate surface area is 113 Å². The molecule has 0 bridgehead atoms. The molecule has 4 N–H and O–H groups in total. The molecule has 2 aromatic rings. The Kier molecular flexibility index (Phi) is 3.74. The van der Waals surface area contributed by atoms with E-state index in [-0.39, 0.29) is 17.2 Å². The molecule has 1 heterocycles. The summed E-state index contributed by atoms with van der Waals surface area (Å²) in [5.41, 5.74) is 6.26. The first-order valence-electron chi connectivity index (χ1n) is 5.17. The molecule has 0 aliphatic rings. The number of halogens is 1. The van der Waals surface area contributed by atoms with Gasteiger partial charge in [-0.3, -0.25) is 4.79 Å². The lowest BCUT2D eigenvalue weighted by Crippen LogP contribution is -2.23. The van der Waals surface area contributed by atoms with Crippen LogP contribution in [0.1, 0.15) is 15.2 Å². The molecule has 2 rings (SSSR count). The van der Waals surface area contributed by atoms with Crippen molar-refractivity contribution in [2.45, 2.75) is 6.54 Å². The highest BCUT2D eigenvalue weighted by Gasteiger charge is 2.10. The van der Waals surface area contributed by atoms with Gasteiger partial charge in [0.15, 0.2) is 0 Å². The van der Waals surface area contributed by atoms with Crippen LogP contribution in [0.2, 0.25) is 4.34 Å². The minimum absolute atomic E-state index is 0.00789. The summed E-state index contributed by atoms with van der Waals surface area (Å²) >= 11 is 7.19. The number of aromatic hydroxyl groups is 1. The number of phenols is 1. The Hall–Kier alpha value is -1.72. The van der Waals surface area contributed by atoms with Gasteiger partial charge >= 0.3 is 0 Å². The Balaban J connectivity index is 2.05. The lowest BCUT2D eigenvalue weighted by atomic mass is 10.1. The van der Waals surface area contributed by atoms with Crippen LogP contribution in [0.5, 0.6) is 5.75 Å². The maximum Gasteiger partial charge on any atom is 0.253 e. The van der Waals surface area contributed by atoms with E-state index in [1.165, 1.54) is 29.5 Å². The lowest BCUT2D eigenvalue weighted by molar-refractivity contribution is 0.0952. The molecule has 0 aliphatic heterocycles. The third-order valence-corrected chi connectivity index (χ3v) is 3.56. The summed E-state index contributed by atoms with van der Waals surface area (Å²) in [5, 5.41) is 12.0. The van der Waals surface area contributed by atoms with Crippen LogP contribution in [-0.4, -0.2) is 11.0 Å². The van der Waals surface area contributed by atoms with Gasteiger partial charge in [-0.1, -0.05) is 11.6 Å². The molecule has 18 heavy (non-hydrogen) atoms. The van der Waals surface area contributed by atoms with E-state index < -0.39 is 0 Å². The van der Waals surface area contributed by atoms with Crippen LogP contribution in [0.25, 0.3) is 0 Å². The number of anilines is 1. The SMILES string of the molecule is Nc1ccc(O)cc1C(=O)NCc1ccc(Cl)s1. The highest BCUT2D eigenvalue weighted by molar-refractivity contribution is 7.16. The van der Waals surface area contributed by atoms with Crippen molar-refractivity contribution in [1.29, 1.82) is 0 Å². The Morgan fingerprint density at radius 3 is 2.83 bits per heavy atom. The molecular formula is C12H11ClN2O2S. The summed E-state index contributed by atoms with van der Waals surface area (Å²) in [6.45, 7) is 0.380. The van der Waals surface area contributed by atoms with E-state index in [2.05, 4.69) is 5.32 Å². The van der Waals surface area contributed by atoms with Crippen LogP contribution in [0.3, 0.4) is 0 Å². The van der Waals surface area contributed by atoms with Crippen LogP contribution >= 0.6 is 22.9 Å². The second-order valence-electron chi connectivity index (χ2n) is 3.66. The molecule has 1 aromatic heterocycles. The van der Waals surface area contributed by atoms with E-state index in [1.54, 1.807) is 6.07 Å². The first-order valence-corrected chi connectivity index (χ1v) is 6.36. The van der Waals surface area contributed by atoms with Crippen LogP contribution < -0.4 is 11.1 Å². The van der Waals surface area contributed by atoms with Gasteiger partial charge in [0.1, 0.15) is 5.75 Å². The number of carbonyl (C=O) groups excluding carboxylic acids is 1. The Bertz CT molecular complexity index is 583. The molecule has 0 fully saturated rings. The number of amides is 1. The van der Waals surface area contributed by atoms with Gasteiger partial charge in [-0.2, -0.15) is 0 Å². The van der Waals surface area contributed by atoms with Crippen molar-refractivity contribution >= 4 is 34.5 Å². The topological polar surface area (TPSA) is 75.3 Å². The summed E-state index contributed by atoms with van der Waals surface area (Å²) in [4.78, 5) is 12.8. The number of thiophene rings is 1. The molecule has 6 heteroatoms. The van der Waals surface area contributed by atoms with Crippen LogP contribution in [0, 0.1) is 0 Å². The second kappa shape index (κ2) is 5.29. The lowest BCUT2D eigenvalue weighted by Gasteiger charge is -2.06. The third kappa shape index (κ3) is 2.94. The van der Waals surface area contributed by atoms with Crippen molar-refractivity contribution in [1.82, 2.24) is 5.32 Å². The fourth-order valence-electron chi connectivity index (χ4n) is 1.45. The van der Waals surface area contributed by atoms with E-state index in [1.807, 2.05) is 6.07 Å². The molecule has 0 radical (unpaired) electrons. The van der Waals surface area contributed by atoms with Crippen molar-refractivity contribution in [2.75, 3.05) is 5.73 Å². The van der Waals surface area contributed by atoms with Crippen molar-refractivity contribution < 1.29 is 9.90 Å². The molecule has 4 nitrogen and oxygen atoms in total. The van der Waals surface area contributed by atoms with Gasteiger partial charge in [0.05, 0.1) is 16.4 Å². The molecule has 0 aliphatic carbocycles. The molecule has 1 aromatic carbocycles. The zero-order valence-electron chi connectivity index (χ0n) is 9.31. The summed E-state index contributed by atoms with van der Waals surface area (Å²) < 4.78 is 0.677. The van der Waals surface area contributed by atoms with E-state index in [0.717, 1.165) is 4.88 Å². The minimum atomic E-state index is -0.326. The Morgan fingerprint density at radius 1 is 1.39 bits per heavy atom. The van der Waals surface area contributed by atoms with Gasteiger partial charge in [-0.15, -0.1) is 11.3 Å². The normalized spacial score (nSPS) is 10.3. The van der Waals surface area contributed by atoms with E-state index in [4.69, 9.17) is 17.3 Å². The molecule has 0 atom stereocenters. The largest absolute Gasteiger partial charge is 0.508 e. The quantitative estimate of drug-likeness (QED) is 0.598. The number of hydrogen-bond donors (Lipinski definition) is 3. The highest BCUT2D eigenvalue weighted by Crippen LogP contribution is 2.22. The predicted molar refractivity (Wildman–Crippen MR) is 73.0 cm³/mol. The molecule has 0 saturated carbocycles. The van der Waals surface area contributed by atoms with Gasteiger partial charge in [0.25, 0.3) is 5.91 Å². The smallest absolute Gasteiger partial charge is 0.253 e. The zero-order valence-corrected chi connectivity index (χ0v) is 10.9. The summed E-state index contributed by atoms with van der Waals surface area (Å²) in [6.07, 6.45) is 0. The molecule has 0 unspecified atom stereocenters.